The lowest BCUT2D eigenvalue weighted by molar-refractivity contribution is 0.321. The van der Waals surface area contributed by atoms with Gasteiger partial charge in [0.1, 0.15) is 5.82 Å². The van der Waals surface area contributed by atoms with Crippen molar-refractivity contribution in [1.29, 1.82) is 0 Å². The molecule has 1 aromatic heterocycles. The second-order valence-corrected chi connectivity index (χ2v) is 6.00. The van der Waals surface area contributed by atoms with Gasteiger partial charge in [0.05, 0.1) is 17.4 Å². The molecule has 5 nitrogen and oxygen atoms in total. The van der Waals surface area contributed by atoms with Crippen molar-refractivity contribution in [2.24, 2.45) is 0 Å². The predicted molar refractivity (Wildman–Crippen MR) is 84.7 cm³/mol. The largest absolute Gasteiger partial charge is 0.309 e. The molecular weight excluding hydrogens is 288 g/mol. The van der Waals surface area contributed by atoms with Crippen molar-refractivity contribution in [3.8, 4) is 0 Å². The van der Waals surface area contributed by atoms with Gasteiger partial charge in [-0.15, -0.1) is 0 Å². The molecule has 1 heterocycles. The molecule has 1 aromatic carbocycles. The zero-order chi connectivity index (χ0) is 14.8. The van der Waals surface area contributed by atoms with Crippen molar-refractivity contribution in [3.05, 3.63) is 39.4 Å². The molecule has 1 fully saturated rings. The summed E-state index contributed by atoms with van der Waals surface area (Å²) in [5.41, 5.74) is 0.515. The second kappa shape index (κ2) is 6.13. The number of aromatic amines is 1. The predicted octanol–water partition coefficient (Wildman–Crippen LogP) is 1.76. The van der Waals surface area contributed by atoms with Crippen molar-refractivity contribution in [2.45, 2.75) is 25.4 Å². The highest BCUT2D eigenvalue weighted by Gasteiger charge is 2.25. The molecule has 0 atom stereocenters. The molecule has 21 heavy (non-hydrogen) atoms. The number of nitrogens with zero attached hydrogens (tertiary/aromatic N) is 2. The van der Waals surface area contributed by atoms with Crippen LogP contribution in [0.25, 0.3) is 10.9 Å². The molecule has 112 valence electrons. The van der Waals surface area contributed by atoms with Crippen molar-refractivity contribution < 1.29 is 0 Å². The number of benzene rings is 1. The molecule has 1 aliphatic carbocycles. The number of H-pyrrole nitrogens is 1. The van der Waals surface area contributed by atoms with E-state index in [4.69, 9.17) is 11.6 Å². The Morgan fingerprint density at radius 1 is 1.48 bits per heavy atom. The Hall–Kier alpha value is -1.43. The summed E-state index contributed by atoms with van der Waals surface area (Å²) in [5, 5.41) is 4.47. The molecule has 0 spiro atoms. The zero-order valence-corrected chi connectivity index (χ0v) is 12.8. The van der Waals surface area contributed by atoms with E-state index < -0.39 is 0 Å². The summed E-state index contributed by atoms with van der Waals surface area (Å²) in [6, 6.07) is 5.89. The number of rotatable bonds is 6. The SMILES string of the molecule is CN(CCNCc1nc2cc(Cl)ccc2c(=O)[nH]1)C1CC1. The number of nitrogens with one attached hydrogen (secondary N) is 2. The minimum absolute atomic E-state index is 0.122. The highest BCUT2D eigenvalue weighted by molar-refractivity contribution is 6.31. The number of likely N-dealkylation sites (N-methyl/N-ethyl adjacent to an activating group) is 1. The molecule has 2 N–H and O–H groups in total. The fraction of sp³-hybridized carbons (Fsp3) is 0.467. The zero-order valence-electron chi connectivity index (χ0n) is 12.0. The second-order valence-electron chi connectivity index (χ2n) is 5.56. The van der Waals surface area contributed by atoms with Gasteiger partial charge in [0, 0.05) is 24.2 Å². The van der Waals surface area contributed by atoms with Crippen LogP contribution in [-0.2, 0) is 6.54 Å². The third-order valence-electron chi connectivity index (χ3n) is 3.82. The molecule has 0 unspecified atom stereocenters. The monoisotopic (exact) mass is 306 g/mol. The summed E-state index contributed by atoms with van der Waals surface area (Å²) >= 11 is 5.95. The van der Waals surface area contributed by atoms with Gasteiger partial charge < -0.3 is 15.2 Å². The Labute approximate surface area is 128 Å². The normalized spacial score (nSPS) is 15.0. The molecule has 0 amide bonds. The molecule has 0 aliphatic heterocycles. The van der Waals surface area contributed by atoms with E-state index >= 15 is 0 Å². The number of hydrogen-bond donors (Lipinski definition) is 2. The van der Waals surface area contributed by atoms with E-state index in [-0.39, 0.29) is 5.56 Å². The van der Waals surface area contributed by atoms with Gasteiger partial charge in [-0.3, -0.25) is 4.79 Å². The number of aromatic nitrogens is 2. The fourth-order valence-electron chi connectivity index (χ4n) is 2.40. The van der Waals surface area contributed by atoms with Gasteiger partial charge in [-0.05, 0) is 38.1 Å². The van der Waals surface area contributed by atoms with Gasteiger partial charge in [0.15, 0.2) is 0 Å². The van der Waals surface area contributed by atoms with Crippen LogP contribution in [0.15, 0.2) is 23.0 Å². The van der Waals surface area contributed by atoms with Crippen LogP contribution in [0.4, 0.5) is 0 Å². The van der Waals surface area contributed by atoms with E-state index in [1.165, 1.54) is 12.8 Å². The maximum Gasteiger partial charge on any atom is 0.258 e. The smallest absolute Gasteiger partial charge is 0.258 e. The topological polar surface area (TPSA) is 61.0 Å². The van der Waals surface area contributed by atoms with Crippen molar-refractivity contribution in [3.63, 3.8) is 0 Å². The van der Waals surface area contributed by atoms with Crippen LogP contribution in [0.5, 0.6) is 0 Å². The Morgan fingerprint density at radius 2 is 2.29 bits per heavy atom. The van der Waals surface area contributed by atoms with Gasteiger partial charge in [-0.2, -0.15) is 0 Å². The van der Waals surface area contributed by atoms with Crippen molar-refractivity contribution >= 4 is 22.5 Å². The molecule has 1 aliphatic rings. The Kier molecular flexibility index (Phi) is 4.24. The Morgan fingerprint density at radius 3 is 3.05 bits per heavy atom. The van der Waals surface area contributed by atoms with Crippen molar-refractivity contribution in [2.75, 3.05) is 20.1 Å². The maximum absolute atomic E-state index is 12.0. The van der Waals surface area contributed by atoms with Gasteiger partial charge in [0.2, 0.25) is 0 Å². The lowest BCUT2D eigenvalue weighted by Gasteiger charge is -2.15. The van der Waals surface area contributed by atoms with Crippen LogP contribution < -0.4 is 10.9 Å². The van der Waals surface area contributed by atoms with Crippen LogP contribution in [-0.4, -0.2) is 41.0 Å². The Bertz CT molecular complexity index is 696. The molecule has 1 saturated carbocycles. The molecule has 0 radical (unpaired) electrons. The van der Waals surface area contributed by atoms with Gasteiger partial charge in [-0.25, -0.2) is 4.98 Å². The van der Waals surface area contributed by atoms with E-state index in [2.05, 4.69) is 27.2 Å². The van der Waals surface area contributed by atoms with Crippen molar-refractivity contribution in [1.82, 2.24) is 20.2 Å². The molecule has 3 rings (SSSR count). The third-order valence-corrected chi connectivity index (χ3v) is 4.06. The van der Waals surface area contributed by atoms with E-state index in [1.807, 2.05) is 0 Å². The molecular formula is C15H19ClN4O. The van der Waals surface area contributed by atoms with Crippen LogP contribution in [0.3, 0.4) is 0 Å². The molecule has 0 saturated heterocycles. The van der Waals surface area contributed by atoms with E-state index in [0.29, 0.717) is 28.3 Å². The molecule has 0 bridgehead atoms. The standard InChI is InChI=1S/C15H19ClN4O/c1-20(11-3-4-11)7-6-17-9-14-18-13-8-10(16)2-5-12(13)15(21)19-14/h2,5,8,11,17H,3-4,6-7,9H2,1H3,(H,18,19,21). The average Bonchev–Trinajstić information content (AvgIpc) is 3.27. The third kappa shape index (κ3) is 3.61. The summed E-state index contributed by atoms with van der Waals surface area (Å²) < 4.78 is 0. The van der Waals surface area contributed by atoms with Crippen LogP contribution in [0.2, 0.25) is 5.02 Å². The van der Waals surface area contributed by atoms with Gasteiger partial charge in [-0.1, -0.05) is 11.6 Å². The summed E-state index contributed by atoms with van der Waals surface area (Å²) in [5.74, 6) is 0.642. The van der Waals surface area contributed by atoms with E-state index in [0.717, 1.165) is 19.1 Å². The highest BCUT2D eigenvalue weighted by Crippen LogP contribution is 2.24. The quantitative estimate of drug-likeness (QED) is 0.798. The fourth-order valence-corrected chi connectivity index (χ4v) is 2.57. The van der Waals surface area contributed by atoms with Gasteiger partial charge in [0.25, 0.3) is 5.56 Å². The number of hydrogen-bond acceptors (Lipinski definition) is 4. The average molecular weight is 307 g/mol. The summed E-state index contributed by atoms with van der Waals surface area (Å²) in [6.07, 6.45) is 2.63. The minimum atomic E-state index is -0.122. The van der Waals surface area contributed by atoms with E-state index in [9.17, 15) is 4.79 Å². The first-order valence-corrected chi connectivity index (χ1v) is 7.61. The minimum Gasteiger partial charge on any atom is -0.309 e. The summed E-state index contributed by atoms with van der Waals surface area (Å²) in [6.45, 7) is 2.44. The lowest BCUT2D eigenvalue weighted by atomic mass is 10.2. The molecule has 6 heteroatoms. The first-order valence-electron chi connectivity index (χ1n) is 7.23. The summed E-state index contributed by atoms with van der Waals surface area (Å²) in [7, 11) is 2.15. The first kappa shape index (κ1) is 14.5. The maximum atomic E-state index is 12.0. The molecule has 2 aromatic rings. The number of fused-ring (bicyclic) bond motifs is 1. The highest BCUT2D eigenvalue weighted by atomic mass is 35.5. The van der Waals surface area contributed by atoms with Crippen LogP contribution in [0.1, 0.15) is 18.7 Å². The lowest BCUT2D eigenvalue weighted by Crippen LogP contribution is -2.31. The van der Waals surface area contributed by atoms with Crippen LogP contribution >= 0.6 is 11.6 Å². The number of halogens is 1. The van der Waals surface area contributed by atoms with Crippen LogP contribution in [0, 0.1) is 0 Å². The summed E-state index contributed by atoms with van der Waals surface area (Å²) in [4.78, 5) is 21.6. The first-order chi connectivity index (χ1) is 10.1. The van der Waals surface area contributed by atoms with E-state index in [1.54, 1.807) is 18.2 Å². The van der Waals surface area contributed by atoms with Gasteiger partial charge >= 0.3 is 0 Å². The Balaban J connectivity index is 1.62.